The molecule has 7 nitrogen and oxygen atoms in total. The predicted molar refractivity (Wildman–Crippen MR) is 98.2 cm³/mol. The largest absolute Gasteiger partial charge is 0.433 e. The van der Waals surface area contributed by atoms with Crippen LogP contribution in [0.25, 0.3) is 0 Å². The number of piperidine rings is 1. The van der Waals surface area contributed by atoms with Crippen LogP contribution in [0.5, 0.6) is 0 Å². The van der Waals surface area contributed by atoms with Gasteiger partial charge >= 0.3 is 6.18 Å². The number of likely N-dealkylation sites (tertiary alicyclic amines) is 1. The van der Waals surface area contributed by atoms with Crippen molar-refractivity contribution >= 4 is 11.7 Å². The molecule has 2 aromatic heterocycles. The maximum absolute atomic E-state index is 13.1. The smallest absolute Gasteiger partial charge is 0.350 e. The Morgan fingerprint density at radius 1 is 1.03 bits per heavy atom. The molecule has 1 saturated carbocycles. The SMILES string of the molecule is Cc1cnc(C(=O)N2CCC(N(c3cc(C(F)(F)F)ncn3)C3CC3)CC2)cn1. The van der Waals surface area contributed by atoms with Crippen LogP contribution >= 0.6 is 0 Å². The van der Waals surface area contributed by atoms with E-state index in [1.54, 1.807) is 18.0 Å². The molecule has 1 aliphatic carbocycles. The van der Waals surface area contributed by atoms with Gasteiger partial charge in [-0.15, -0.1) is 0 Å². The molecule has 1 saturated heterocycles. The van der Waals surface area contributed by atoms with E-state index in [0.29, 0.717) is 37.4 Å². The highest BCUT2D eigenvalue weighted by Gasteiger charge is 2.39. The monoisotopic (exact) mass is 406 g/mol. The van der Waals surface area contributed by atoms with Crippen molar-refractivity contribution in [1.29, 1.82) is 0 Å². The first-order valence-corrected chi connectivity index (χ1v) is 9.58. The van der Waals surface area contributed by atoms with Crippen LogP contribution in [0, 0.1) is 6.92 Å². The number of carbonyl (C=O) groups is 1. The van der Waals surface area contributed by atoms with Crippen molar-refractivity contribution in [3.8, 4) is 0 Å². The van der Waals surface area contributed by atoms with Crippen LogP contribution in [0.2, 0.25) is 0 Å². The van der Waals surface area contributed by atoms with E-state index in [1.165, 1.54) is 6.20 Å². The molecule has 2 aliphatic rings. The average molecular weight is 406 g/mol. The van der Waals surface area contributed by atoms with Crippen molar-refractivity contribution in [3.63, 3.8) is 0 Å². The lowest BCUT2D eigenvalue weighted by atomic mass is 10.0. The fourth-order valence-electron chi connectivity index (χ4n) is 3.68. The number of amides is 1. The Morgan fingerprint density at radius 2 is 1.72 bits per heavy atom. The summed E-state index contributed by atoms with van der Waals surface area (Å²) in [7, 11) is 0. The second kappa shape index (κ2) is 7.57. The van der Waals surface area contributed by atoms with Crippen molar-refractivity contribution in [1.82, 2.24) is 24.8 Å². The molecular weight excluding hydrogens is 385 g/mol. The number of hydrogen-bond acceptors (Lipinski definition) is 6. The van der Waals surface area contributed by atoms with Crippen molar-refractivity contribution in [2.24, 2.45) is 0 Å². The molecule has 2 aromatic rings. The lowest BCUT2D eigenvalue weighted by molar-refractivity contribution is -0.141. The number of nitrogens with zero attached hydrogens (tertiary/aromatic N) is 6. The lowest BCUT2D eigenvalue weighted by Crippen LogP contribution is -2.48. The summed E-state index contributed by atoms with van der Waals surface area (Å²) in [4.78, 5) is 32.1. The van der Waals surface area contributed by atoms with Gasteiger partial charge in [-0.3, -0.25) is 9.78 Å². The number of anilines is 1. The highest BCUT2D eigenvalue weighted by atomic mass is 19.4. The Kier molecular flexibility index (Phi) is 5.10. The topological polar surface area (TPSA) is 75.1 Å². The van der Waals surface area contributed by atoms with Gasteiger partial charge in [0.1, 0.15) is 23.5 Å². The van der Waals surface area contributed by atoms with Gasteiger partial charge in [-0.2, -0.15) is 13.2 Å². The van der Waals surface area contributed by atoms with E-state index in [1.807, 2.05) is 4.90 Å². The molecule has 0 bridgehead atoms. The van der Waals surface area contributed by atoms with Gasteiger partial charge in [0.25, 0.3) is 5.91 Å². The fraction of sp³-hybridized carbons (Fsp3) is 0.526. The summed E-state index contributed by atoms with van der Waals surface area (Å²) in [5.41, 5.74) is 0.112. The van der Waals surface area contributed by atoms with Gasteiger partial charge in [-0.25, -0.2) is 15.0 Å². The Bertz CT molecular complexity index is 876. The third-order valence-electron chi connectivity index (χ3n) is 5.29. The summed E-state index contributed by atoms with van der Waals surface area (Å²) in [5, 5.41) is 0. The average Bonchev–Trinajstić information content (AvgIpc) is 3.53. The number of aromatic nitrogens is 4. The molecule has 29 heavy (non-hydrogen) atoms. The normalized spacial score (nSPS) is 18.0. The van der Waals surface area contributed by atoms with Crippen LogP contribution in [-0.4, -0.2) is 55.9 Å². The molecule has 3 heterocycles. The van der Waals surface area contributed by atoms with Crippen LogP contribution in [0.15, 0.2) is 24.8 Å². The predicted octanol–water partition coefficient (Wildman–Crippen LogP) is 2.87. The maximum Gasteiger partial charge on any atom is 0.433 e. The first kappa shape index (κ1) is 19.5. The number of alkyl halides is 3. The summed E-state index contributed by atoms with van der Waals surface area (Å²) in [6.45, 7) is 2.83. The Labute approximate surface area is 166 Å². The highest BCUT2D eigenvalue weighted by molar-refractivity contribution is 5.92. The first-order chi connectivity index (χ1) is 13.8. The zero-order valence-electron chi connectivity index (χ0n) is 15.9. The van der Waals surface area contributed by atoms with Crippen LogP contribution < -0.4 is 4.90 Å². The molecule has 0 radical (unpaired) electrons. The number of hydrogen-bond donors (Lipinski definition) is 0. The van der Waals surface area contributed by atoms with E-state index in [4.69, 9.17) is 0 Å². The third-order valence-corrected chi connectivity index (χ3v) is 5.29. The Hall–Kier alpha value is -2.78. The summed E-state index contributed by atoms with van der Waals surface area (Å²) in [5.74, 6) is 0.138. The quantitative estimate of drug-likeness (QED) is 0.777. The van der Waals surface area contributed by atoms with Crippen molar-refractivity contribution in [3.05, 3.63) is 41.9 Å². The molecule has 0 unspecified atom stereocenters. The van der Waals surface area contributed by atoms with Crippen molar-refractivity contribution in [2.75, 3.05) is 18.0 Å². The molecule has 4 rings (SSSR count). The minimum atomic E-state index is -4.50. The number of carbonyl (C=O) groups excluding carboxylic acids is 1. The van der Waals surface area contributed by atoms with E-state index in [2.05, 4.69) is 19.9 Å². The molecule has 1 aliphatic heterocycles. The number of aryl methyl sites for hydroxylation is 1. The van der Waals surface area contributed by atoms with Gasteiger partial charge in [0.05, 0.1) is 11.9 Å². The lowest BCUT2D eigenvalue weighted by Gasteiger charge is -2.39. The molecule has 10 heteroatoms. The molecular formula is C19H21F3N6O. The minimum absolute atomic E-state index is 0.0339. The van der Waals surface area contributed by atoms with Gasteiger partial charge in [-0.05, 0) is 32.6 Å². The van der Waals surface area contributed by atoms with E-state index in [9.17, 15) is 18.0 Å². The van der Waals surface area contributed by atoms with E-state index >= 15 is 0 Å². The molecule has 1 amide bonds. The van der Waals surface area contributed by atoms with Crippen LogP contribution in [0.1, 0.15) is 47.6 Å². The van der Waals surface area contributed by atoms with Gasteiger partial charge < -0.3 is 9.80 Å². The van der Waals surface area contributed by atoms with Gasteiger partial charge in [0.15, 0.2) is 0 Å². The Morgan fingerprint density at radius 3 is 2.31 bits per heavy atom. The highest BCUT2D eigenvalue weighted by Crippen LogP contribution is 2.37. The van der Waals surface area contributed by atoms with Gasteiger partial charge in [0, 0.05) is 37.4 Å². The first-order valence-electron chi connectivity index (χ1n) is 9.58. The van der Waals surface area contributed by atoms with Gasteiger partial charge in [0.2, 0.25) is 0 Å². The number of halogens is 3. The Balaban J connectivity index is 1.46. The third kappa shape index (κ3) is 4.30. The molecule has 154 valence electrons. The molecule has 0 aromatic carbocycles. The van der Waals surface area contributed by atoms with Crippen molar-refractivity contribution in [2.45, 2.75) is 50.9 Å². The van der Waals surface area contributed by atoms with Crippen molar-refractivity contribution < 1.29 is 18.0 Å². The van der Waals surface area contributed by atoms with Crippen LogP contribution in [0.4, 0.5) is 19.0 Å². The zero-order chi connectivity index (χ0) is 20.6. The molecule has 0 spiro atoms. The van der Waals surface area contributed by atoms with Gasteiger partial charge in [-0.1, -0.05) is 0 Å². The summed E-state index contributed by atoms with van der Waals surface area (Å²) < 4.78 is 39.2. The number of rotatable bonds is 4. The maximum atomic E-state index is 13.1. The molecule has 0 N–H and O–H groups in total. The summed E-state index contributed by atoms with van der Waals surface area (Å²) in [6, 6.07) is 1.26. The van der Waals surface area contributed by atoms with E-state index in [0.717, 1.165) is 30.9 Å². The summed E-state index contributed by atoms with van der Waals surface area (Å²) in [6.07, 6.45) is 2.69. The standard InChI is InChI=1S/C19H21F3N6O/c1-12-9-24-15(10-23-12)18(29)27-6-4-14(5-7-27)28(13-2-3-13)17-8-16(19(20,21)22)25-11-26-17/h8-11,13-14H,2-7H2,1H3. The van der Waals surface area contributed by atoms with Crippen LogP contribution in [-0.2, 0) is 6.18 Å². The van der Waals surface area contributed by atoms with E-state index < -0.39 is 11.9 Å². The second-order valence-corrected chi connectivity index (χ2v) is 7.46. The minimum Gasteiger partial charge on any atom is -0.350 e. The molecule has 2 fully saturated rings. The fourth-order valence-corrected chi connectivity index (χ4v) is 3.68. The van der Waals surface area contributed by atoms with Crippen LogP contribution in [0.3, 0.4) is 0 Å². The molecule has 0 atom stereocenters. The zero-order valence-corrected chi connectivity index (χ0v) is 15.9. The second-order valence-electron chi connectivity index (χ2n) is 7.46. The summed E-state index contributed by atoms with van der Waals surface area (Å²) >= 11 is 0. The van der Waals surface area contributed by atoms with E-state index in [-0.39, 0.29) is 18.0 Å².